The van der Waals surface area contributed by atoms with Crippen molar-refractivity contribution >= 4 is 44.5 Å². The van der Waals surface area contributed by atoms with Crippen molar-refractivity contribution in [2.24, 2.45) is 11.8 Å². The molecule has 28 heavy (non-hydrogen) atoms. The Hall–Kier alpha value is -2.61. The molecule has 3 rings (SSSR count). The largest absolute Gasteiger partial charge is 0.483 e. The summed E-state index contributed by atoms with van der Waals surface area (Å²) in [6, 6.07) is 11.4. The van der Waals surface area contributed by atoms with E-state index in [1.54, 1.807) is 6.07 Å². The van der Waals surface area contributed by atoms with E-state index in [1.165, 1.54) is 0 Å². The average Bonchev–Trinajstić information content (AvgIpc) is 2.71. The second-order valence-electron chi connectivity index (χ2n) is 6.76. The lowest BCUT2D eigenvalue weighted by Crippen LogP contribution is -2.49. The highest BCUT2D eigenvalue weighted by Crippen LogP contribution is 2.33. The first-order valence-electron chi connectivity index (χ1n) is 9.09. The van der Waals surface area contributed by atoms with Crippen LogP contribution in [0.25, 0.3) is 10.8 Å². The van der Waals surface area contributed by atoms with Crippen LogP contribution in [0, 0.1) is 11.8 Å². The Labute approximate surface area is 170 Å². The molecule has 7 nitrogen and oxygen atoms in total. The molecule has 0 heterocycles. The lowest BCUT2D eigenvalue weighted by atomic mass is 9.79. The summed E-state index contributed by atoms with van der Waals surface area (Å²) in [5, 5.41) is 11.3. The first-order chi connectivity index (χ1) is 13.5. The normalized spacial score (nSPS) is 19.0. The number of carbonyl (C=O) groups is 3. The second kappa shape index (κ2) is 9.05. The van der Waals surface area contributed by atoms with Crippen LogP contribution in [0.15, 0.2) is 40.9 Å². The van der Waals surface area contributed by atoms with E-state index in [2.05, 4.69) is 26.8 Å². The smallest absolute Gasteiger partial charge is 0.307 e. The number of benzene rings is 2. The van der Waals surface area contributed by atoms with Gasteiger partial charge in [-0.15, -0.1) is 0 Å². The number of hydrazine groups is 1. The van der Waals surface area contributed by atoms with Crippen molar-refractivity contribution in [2.45, 2.75) is 25.7 Å². The number of amides is 2. The van der Waals surface area contributed by atoms with Crippen LogP contribution in [0.1, 0.15) is 25.7 Å². The summed E-state index contributed by atoms with van der Waals surface area (Å²) in [6.45, 7) is -0.287. The summed E-state index contributed by atoms with van der Waals surface area (Å²) in [4.78, 5) is 35.6. The van der Waals surface area contributed by atoms with Gasteiger partial charge in [0.2, 0.25) is 5.91 Å². The Morgan fingerprint density at radius 1 is 1.04 bits per heavy atom. The summed E-state index contributed by atoms with van der Waals surface area (Å²) < 4.78 is 6.28. The Kier molecular flexibility index (Phi) is 6.51. The van der Waals surface area contributed by atoms with Gasteiger partial charge in [0.05, 0.1) is 16.3 Å². The van der Waals surface area contributed by atoms with E-state index in [9.17, 15) is 19.5 Å². The van der Waals surface area contributed by atoms with Crippen molar-refractivity contribution in [3.05, 3.63) is 40.9 Å². The highest BCUT2D eigenvalue weighted by molar-refractivity contribution is 9.10. The number of halogens is 1. The highest BCUT2D eigenvalue weighted by Gasteiger charge is 2.35. The zero-order chi connectivity index (χ0) is 20.1. The number of ether oxygens (including phenoxy) is 1. The van der Waals surface area contributed by atoms with Crippen LogP contribution in [0.2, 0.25) is 0 Å². The summed E-state index contributed by atoms with van der Waals surface area (Å²) in [7, 11) is 0. The van der Waals surface area contributed by atoms with Crippen LogP contribution in [-0.2, 0) is 14.4 Å². The molecule has 2 amide bonds. The van der Waals surface area contributed by atoms with Gasteiger partial charge < -0.3 is 9.84 Å². The molecule has 0 saturated heterocycles. The number of nitrogens with one attached hydrogen (secondary N) is 2. The number of carboxylic acids is 1. The Morgan fingerprint density at radius 3 is 2.50 bits per heavy atom. The number of carboxylic acid groups (broad SMARTS) is 1. The average molecular weight is 449 g/mol. The number of aliphatic carboxylic acids is 1. The van der Waals surface area contributed by atoms with Crippen LogP contribution in [0.5, 0.6) is 5.75 Å². The van der Waals surface area contributed by atoms with Gasteiger partial charge in [0, 0.05) is 0 Å². The maximum atomic E-state index is 12.3. The standard InChI is InChI=1S/C20H21BrN2O5/c21-18-13-6-2-1-5-12(13)9-10-16(18)28-11-17(24)22-23-19(25)14-7-3-4-8-15(14)20(26)27/h1-2,5-6,9-10,14-15H,3-4,7-8,11H2,(H,22,24)(H,23,25)(H,26,27)/t14-,15+/m0/s1. The van der Waals surface area contributed by atoms with E-state index in [0.717, 1.165) is 28.1 Å². The molecule has 0 aromatic heterocycles. The SMILES string of the molecule is O=C(COc1ccc2ccccc2c1Br)NNC(=O)[C@H]1CCCC[C@H]1C(=O)O. The minimum atomic E-state index is -0.976. The number of hydrogen-bond donors (Lipinski definition) is 3. The lowest BCUT2D eigenvalue weighted by Gasteiger charge is -2.27. The molecule has 1 fully saturated rings. The van der Waals surface area contributed by atoms with Crippen LogP contribution >= 0.6 is 15.9 Å². The van der Waals surface area contributed by atoms with Crippen molar-refractivity contribution in [3.8, 4) is 5.75 Å². The first kappa shape index (κ1) is 20.1. The molecule has 2 atom stereocenters. The lowest BCUT2D eigenvalue weighted by molar-refractivity contribution is -0.149. The van der Waals surface area contributed by atoms with Gasteiger partial charge in [-0.25, -0.2) is 0 Å². The van der Waals surface area contributed by atoms with Crippen LogP contribution < -0.4 is 15.6 Å². The topological polar surface area (TPSA) is 105 Å². The number of hydrogen-bond acceptors (Lipinski definition) is 4. The molecule has 2 aromatic rings. The van der Waals surface area contributed by atoms with E-state index in [4.69, 9.17) is 4.74 Å². The molecular formula is C20H21BrN2O5. The monoisotopic (exact) mass is 448 g/mol. The van der Waals surface area contributed by atoms with Crippen molar-refractivity contribution < 1.29 is 24.2 Å². The maximum Gasteiger partial charge on any atom is 0.307 e. The fourth-order valence-electron chi connectivity index (χ4n) is 3.47. The van der Waals surface area contributed by atoms with Gasteiger partial charge in [-0.2, -0.15) is 0 Å². The van der Waals surface area contributed by atoms with Crippen LogP contribution in [-0.4, -0.2) is 29.5 Å². The highest BCUT2D eigenvalue weighted by atomic mass is 79.9. The fourth-order valence-corrected chi connectivity index (χ4v) is 4.08. The molecule has 1 aliphatic rings. The Bertz CT molecular complexity index is 901. The van der Waals surface area contributed by atoms with Gasteiger partial charge in [0.1, 0.15) is 5.75 Å². The predicted molar refractivity (Wildman–Crippen MR) is 107 cm³/mol. The third-order valence-corrected chi connectivity index (χ3v) is 5.75. The Morgan fingerprint density at radius 2 is 1.75 bits per heavy atom. The molecule has 8 heteroatoms. The minimum absolute atomic E-state index is 0.287. The summed E-state index contributed by atoms with van der Waals surface area (Å²) in [6.07, 6.45) is 2.57. The summed E-state index contributed by atoms with van der Waals surface area (Å²) in [5.74, 6) is -2.82. The molecule has 0 aliphatic heterocycles. The van der Waals surface area contributed by atoms with E-state index in [0.29, 0.717) is 18.6 Å². The van der Waals surface area contributed by atoms with Crippen molar-refractivity contribution in [1.29, 1.82) is 0 Å². The van der Waals surface area contributed by atoms with Crippen LogP contribution in [0.4, 0.5) is 0 Å². The van der Waals surface area contributed by atoms with E-state index >= 15 is 0 Å². The predicted octanol–water partition coefficient (Wildman–Crippen LogP) is 3.02. The van der Waals surface area contributed by atoms with Gasteiger partial charge in [0.15, 0.2) is 6.61 Å². The van der Waals surface area contributed by atoms with Gasteiger partial charge in [-0.3, -0.25) is 25.2 Å². The van der Waals surface area contributed by atoms with E-state index < -0.39 is 29.6 Å². The second-order valence-corrected chi connectivity index (χ2v) is 7.55. The summed E-state index contributed by atoms with van der Waals surface area (Å²) >= 11 is 3.48. The molecule has 148 valence electrons. The number of rotatable bonds is 5. The van der Waals surface area contributed by atoms with Gasteiger partial charge in [-0.05, 0) is 45.6 Å². The quantitative estimate of drug-likeness (QED) is 0.609. The molecule has 0 bridgehead atoms. The third kappa shape index (κ3) is 4.62. The van der Waals surface area contributed by atoms with E-state index in [1.807, 2.05) is 30.3 Å². The van der Waals surface area contributed by atoms with Crippen molar-refractivity contribution in [2.75, 3.05) is 6.61 Å². The minimum Gasteiger partial charge on any atom is -0.483 e. The molecule has 2 aromatic carbocycles. The molecule has 0 radical (unpaired) electrons. The van der Waals surface area contributed by atoms with Crippen LogP contribution in [0.3, 0.4) is 0 Å². The molecule has 0 spiro atoms. The molecule has 1 saturated carbocycles. The zero-order valence-corrected chi connectivity index (χ0v) is 16.7. The van der Waals surface area contributed by atoms with Gasteiger partial charge in [-0.1, -0.05) is 43.2 Å². The molecule has 3 N–H and O–H groups in total. The fraction of sp³-hybridized carbons (Fsp3) is 0.350. The first-order valence-corrected chi connectivity index (χ1v) is 9.88. The summed E-state index contributed by atoms with van der Waals surface area (Å²) in [5.41, 5.74) is 4.62. The van der Waals surface area contributed by atoms with Gasteiger partial charge >= 0.3 is 5.97 Å². The van der Waals surface area contributed by atoms with Crippen molar-refractivity contribution in [1.82, 2.24) is 10.9 Å². The zero-order valence-electron chi connectivity index (χ0n) is 15.1. The van der Waals surface area contributed by atoms with E-state index in [-0.39, 0.29) is 6.61 Å². The van der Waals surface area contributed by atoms with Gasteiger partial charge in [0.25, 0.3) is 5.91 Å². The van der Waals surface area contributed by atoms with Crippen molar-refractivity contribution in [3.63, 3.8) is 0 Å². The third-order valence-electron chi connectivity index (χ3n) is 4.93. The number of carbonyl (C=O) groups excluding carboxylic acids is 2. The number of fused-ring (bicyclic) bond motifs is 1. The maximum absolute atomic E-state index is 12.3. The molecular weight excluding hydrogens is 428 g/mol. The molecule has 0 unspecified atom stereocenters. The Balaban J connectivity index is 1.53. The molecule has 1 aliphatic carbocycles.